The second-order valence-electron chi connectivity index (χ2n) is 8.18. The van der Waals surface area contributed by atoms with Crippen LogP contribution in [0, 0.1) is 5.82 Å². The minimum Gasteiger partial charge on any atom is -0.408 e. The predicted octanol–water partition coefficient (Wildman–Crippen LogP) is 4.28. The molecule has 29 heavy (non-hydrogen) atoms. The van der Waals surface area contributed by atoms with E-state index in [4.69, 9.17) is 4.42 Å². The molecule has 8 heteroatoms. The zero-order chi connectivity index (χ0) is 20.4. The van der Waals surface area contributed by atoms with Crippen LogP contribution < -0.4 is 10.1 Å². The van der Waals surface area contributed by atoms with Crippen LogP contribution in [0.4, 0.5) is 10.1 Å². The molecule has 1 saturated carbocycles. The Morgan fingerprint density at radius 3 is 2.69 bits per heavy atom. The van der Waals surface area contributed by atoms with E-state index in [1.807, 2.05) is 6.92 Å². The van der Waals surface area contributed by atoms with E-state index in [9.17, 15) is 17.6 Å². The molecule has 1 aliphatic heterocycles. The van der Waals surface area contributed by atoms with E-state index in [-0.39, 0.29) is 22.2 Å². The molecule has 6 nitrogen and oxygen atoms in total. The highest BCUT2D eigenvalue weighted by Crippen LogP contribution is 2.52. The number of aromatic nitrogens is 1. The number of fused-ring (bicyclic) bond motifs is 2. The van der Waals surface area contributed by atoms with E-state index in [1.165, 1.54) is 34.6 Å². The normalized spacial score (nSPS) is 21.0. The van der Waals surface area contributed by atoms with Crippen LogP contribution in [0.15, 0.2) is 50.5 Å². The van der Waals surface area contributed by atoms with Gasteiger partial charge in [-0.1, -0.05) is 19.8 Å². The standard InChI is InChI=1S/C21H21FN2O4S/c1-13-12-21(8-2-3-9-21)24(18-7-4-14(22)10-16(13)18)29(26,27)15-5-6-17-19(11-15)28-20(25)23-17/h4-7,10-11,13H,2-3,8-9,12H2,1H3,(H,23,25). The maximum Gasteiger partial charge on any atom is 0.417 e. The first-order chi connectivity index (χ1) is 13.8. The fourth-order valence-corrected chi connectivity index (χ4v) is 7.04. The molecule has 1 atom stereocenters. The summed E-state index contributed by atoms with van der Waals surface area (Å²) in [6, 6.07) is 8.73. The fraction of sp³-hybridized carbons (Fsp3) is 0.381. The van der Waals surface area contributed by atoms with Crippen molar-refractivity contribution in [3.05, 3.63) is 58.3 Å². The van der Waals surface area contributed by atoms with Gasteiger partial charge < -0.3 is 4.42 Å². The van der Waals surface area contributed by atoms with Crippen LogP contribution in [-0.2, 0) is 10.0 Å². The Kier molecular flexibility index (Phi) is 3.93. The van der Waals surface area contributed by atoms with Gasteiger partial charge in [-0.3, -0.25) is 9.29 Å². The van der Waals surface area contributed by atoms with E-state index >= 15 is 0 Å². The van der Waals surface area contributed by atoms with Crippen molar-refractivity contribution in [2.45, 2.75) is 55.4 Å². The van der Waals surface area contributed by atoms with Crippen molar-refractivity contribution in [3.8, 4) is 0 Å². The lowest BCUT2D eigenvalue weighted by Crippen LogP contribution is -2.53. The number of hydrogen-bond acceptors (Lipinski definition) is 4. The minimum absolute atomic E-state index is 0.0591. The molecule has 0 radical (unpaired) electrons. The minimum atomic E-state index is -3.95. The van der Waals surface area contributed by atoms with Crippen LogP contribution in [0.2, 0.25) is 0 Å². The van der Waals surface area contributed by atoms with Crippen molar-refractivity contribution in [3.63, 3.8) is 0 Å². The van der Waals surface area contributed by atoms with Gasteiger partial charge in [-0.25, -0.2) is 17.6 Å². The summed E-state index contributed by atoms with van der Waals surface area (Å²) >= 11 is 0. The summed E-state index contributed by atoms with van der Waals surface area (Å²) in [5.74, 6) is -0.935. The first-order valence-corrected chi connectivity index (χ1v) is 11.2. The number of hydrogen-bond donors (Lipinski definition) is 1. The van der Waals surface area contributed by atoms with Gasteiger partial charge in [-0.15, -0.1) is 0 Å². The number of anilines is 1. The number of aromatic amines is 1. The van der Waals surface area contributed by atoms with Crippen molar-refractivity contribution in [2.24, 2.45) is 0 Å². The molecular formula is C21H21FN2O4S. The van der Waals surface area contributed by atoms with Crippen LogP contribution in [0.25, 0.3) is 11.1 Å². The molecule has 3 aromatic rings. The smallest absolute Gasteiger partial charge is 0.408 e. The van der Waals surface area contributed by atoms with Gasteiger partial charge in [0.2, 0.25) is 0 Å². The van der Waals surface area contributed by atoms with Crippen LogP contribution >= 0.6 is 0 Å². The van der Waals surface area contributed by atoms with E-state index in [1.54, 1.807) is 6.07 Å². The summed E-state index contributed by atoms with van der Waals surface area (Å²) in [6.45, 7) is 2.03. The van der Waals surface area contributed by atoms with E-state index in [0.717, 1.165) is 25.7 Å². The van der Waals surface area contributed by atoms with Gasteiger partial charge in [0.1, 0.15) is 5.82 Å². The van der Waals surface area contributed by atoms with Gasteiger partial charge >= 0.3 is 5.76 Å². The van der Waals surface area contributed by atoms with Gasteiger partial charge in [0.25, 0.3) is 10.0 Å². The maximum absolute atomic E-state index is 13.9. The molecule has 1 fully saturated rings. The molecule has 0 saturated heterocycles. The number of rotatable bonds is 2. The summed E-state index contributed by atoms with van der Waals surface area (Å²) in [6.07, 6.45) is 4.12. The van der Waals surface area contributed by atoms with Gasteiger partial charge in [0, 0.05) is 6.07 Å². The monoisotopic (exact) mass is 416 g/mol. The Balaban J connectivity index is 1.73. The molecule has 0 amide bonds. The quantitative estimate of drug-likeness (QED) is 0.676. The second-order valence-corrected chi connectivity index (χ2v) is 9.97. The zero-order valence-electron chi connectivity index (χ0n) is 15.9. The molecule has 1 aliphatic carbocycles. The topological polar surface area (TPSA) is 83.4 Å². The Morgan fingerprint density at radius 2 is 1.93 bits per heavy atom. The average Bonchev–Trinajstić information content (AvgIpc) is 3.27. The Morgan fingerprint density at radius 1 is 1.17 bits per heavy atom. The lowest BCUT2D eigenvalue weighted by Gasteiger charge is -2.48. The third-order valence-corrected chi connectivity index (χ3v) is 8.24. The summed E-state index contributed by atoms with van der Waals surface area (Å²) < 4.78 is 48.2. The molecule has 5 rings (SSSR count). The Bertz CT molecular complexity index is 1270. The van der Waals surface area contributed by atoms with Gasteiger partial charge in [0.05, 0.1) is 21.6 Å². The lowest BCUT2D eigenvalue weighted by atomic mass is 9.78. The molecule has 0 bridgehead atoms. The molecule has 2 aromatic carbocycles. The largest absolute Gasteiger partial charge is 0.417 e. The number of benzene rings is 2. The number of oxazole rings is 1. The van der Waals surface area contributed by atoms with Crippen molar-refractivity contribution in [2.75, 3.05) is 4.31 Å². The Labute approximate surface area is 167 Å². The van der Waals surface area contributed by atoms with E-state index < -0.39 is 21.3 Å². The molecule has 1 spiro atoms. The Hall–Kier alpha value is -2.61. The van der Waals surface area contributed by atoms with Crippen molar-refractivity contribution in [1.29, 1.82) is 0 Å². The predicted molar refractivity (Wildman–Crippen MR) is 107 cm³/mol. The summed E-state index contributed by atoms with van der Waals surface area (Å²) in [5.41, 5.74) is 1.38. The fourth-order valence-electron chi connectivity index (χ4n) is 5.14. The van der Waals surface area contributed by atoms with Gasteiger partial charge in [-0.2, -0.15) is 0 Å². The number of H-pyrrole nitrogens is 1. The maximum atomic E-state index is 13.9. The highest BCUT2D eigenvalue weighted by molar-refractivity contribution is 7.93. The number of nitrogens with one attached hydrogen (secondary N) is 1. The lowest BCUT2D eigenvalue weighted by molar-refractivity contribution is 0.360. The first kappa shape index (κ1) is 18.4. The molecule has 152 valence electrons. The third kappa shape index (κ3) is 2.73. The van der Waals surface area contributed by atoms with Gasteiger partial charge in [0.15, 0.2) is 5.58 Å². The molecule has 2 aliphatic rings. The first-order valence-electron chi connectivity index (χ1n) is 9.78. The number of halogens is 1. The zero-order valence-corrected chi connectivity index (χ0v) is 16.8. The van der Waals surface area contributed by atoms with E-state index in [0.29, 0.717) is 23.2 Å². The van der Waals surface area contributed by atoms with Crippen molar-refractivity contribution >= 4 is 26.8 Å². The summed E-state index contributed by atoms with van der Waals surface area (Å²) in [5, 5.41) is 0. The highest BCUT2D eigenvalue weighted by atomic mass is 32.2. The van der Waals surface area contributed by atoms with Crippen molar-refractivity contribution < 1.29 is 17.2 Å². The SMILES string of the molecule is CC1CC2(CCCC2)N(S(=O)(=O)c2ccc3[nH]c(=O)oc3c2)c2ccc(F)cc21. The summed E-state index contributed by atoms with van der Waals surface area (Å²) in [7, 11) is -3.95. The molecule has 1 unspecified atom stereocenters. The van der Waals surface area contributed by atoms with Crippen LogP contribution in [0.5, 0.6) is 0 Å². The number of sulfonamides is 1. The average molecular weight is 416 g/mol. The highest BCUT2D eigenvalue weighted by Gasteiger charge is 2.50. The molecule has 2 heterocycles. The van der Waals surface area contributed by atoms with Crippen LogP contribution in [0.1, 0.15) is 50.5 Å². The van der Waals surface area contributed by atoms with Crippen LogP contribution in [-0.4, -0.2) is 18.9 Å². The summed E-state index contributed by atoms with van der Waals surface area (Å²) in [4.78, 5) is 14.0. The second kappa shape index (κ2) is 6.19. The van der Waals surface area contributed by atoms with E-state index in [2.05, 4.69) is 4.98 Å². The third-order valence-electron chi connectivity index (χ3n) is 6.32. The number of nitrogens with zero attached hydrogens (tertiary/aromatic N) is 1. The van der Waals surface area contributed by atoms with Gasteiger partial charge in [-0.05, 0) is 61.1 Å². The molecule has 1 N–H and O–H groups in total. The van der Waals surface area contributed by atoms with Crippen LogP contribution in [0.3, 0.4) is 0 Å². The molecular weight excluding hydrogens is 395 g/mol. The molecule has 1 aromatic heterocycles. The van der Waals surface area contributed by atoms with Crippen molar-refractivity contribution in [1.82, 2.24) is 4.98 Å².